The van der Waals surface area contributed by atoms with Crippen molar-refractivity contribution in [3.63, 3.8) is 0 Å². The standard InChI is InChI=1S/C15H19N3O2/c1-20-15(19)14(16)9-13-10-18(11-17-13)8-7-12-5-3-2-4-6-12/h2-6,10-11,14H,7-9,16H2,1H3. The maximum absolute atomic E-state index is 11.3. The van der Waals surface area contributed by atoms with Crippen molar-refractivity contribution < 1.29 is 9.53 Å². The van der Waals surface area contributed by atoms with E-state index in [1.807, 2.05) is 29.0 Å². The zero-order valence-corrected chi connectivity index (χ0v) is 11.5. The topological polar surface area (TPSA) is 70.1 Å². The molecule has 1 aromatic heterocycles. The largest absolute Gasteiger partial charge is 0.468 e. The molecule has 2 aromatic rings. The summed E-state index contributed by atoms with van der Waals surface area (Å²) < 4.78 is 6.60. The summed E-state index contributed by atoms with van der Waals surface area (Å²) in [5.41, 5.74) is 7.80. The third kappa shape index (κ3) is 3.93. The third-order valence-electron chi connectivity index (χ3n) is 3.12. The van der Waals surface area contributed by atoms with Gasteiger partial charge in [0.05, 0.1) is 19.1 Å². The van der Waals surface area contributed by atoms with Crippen LogP contribution >= 0.6 is 0 Å². The first-order chi connectivity index (χ1) is 9.69. The fourth-order valence-electron chi connectivity index (χ4n) is 2.00. The fraction of sp³-hybridized carbons (Fsp3) is 0.333. The number of benzene rings is 1. The molecule has 0 fully saturated rings. The predicted molar refractivity (Wildman–Crippen MR) is 76.1 cm³/mol. The lowest BCUT2D eigenvalue weighted by molar-refractivity contribution is -0.142. The Morgan fingerprint density at radius 2 is 2.15 bits per heavy atom. The second-order valence-corrected chi connectivity index (χ2v) is 4.67. The summed E-state index contributed by atoms with van der Waals surface area (Å²) >= 11 is 0. The van der Waals surface area contributed by atoms with Gasteiger partial charge in [0.1, 0.15) is 6.04 Å². The highest BCUT2D eigenvalue weighted by Crippen LogP contribution is 2.05. The number of esters is 1. The molecule has 1 atom stereocenters. The zero-order valence-electron chi connectivity index (χ0n) is 11.5. The third-order valence-corrected chi connectivity index (χ3v) is 3.12. The first-order valence-electron chi connectivity index (χ1n) is 6.57. The first kappa shape index (κ1) is 14.3. The van der Waals surface area contributed by atoms with Crippen molar-refractivity contribution in [2.24, 2.45) is 5.73 Å². The van der Waals surface area contributed by atoms with Crippen LogP contribution in [0.5, 0.6) is 0 Å². The van der Waals surface area contributed by atoms with Crippen LogP contribution in [0.3, 0.4) is 0 Å². The highest BCUT2D eigenvalue weighted by molar-refractivity contribution is 5.75. The van der Waals surface area contributed by atoms with Crippen molar-refractivity contribution in [1.29, 1.82) is 0 Å². The maximum Gasteiger partial charge on any atom is 0.323 e. The number of hydrogen-bond acceptors (Lipinski definition) is 4. The molecule has 5 heteroatoms. The number of aromatic nitrogens is 2. The molecule has 2 N–H and O–H groups in total. The molecule has 0 bridgehead atoms. The Labute approximate surface area is 118 Å². The molecular formula is C15H19N3O2. The van der Waals surface area contributed by atoms with Crippen molar-refractivity contribution >= 4 is 5.97 Å². The van der Waals surface area contributed by atoms with E-state index >= 15 is 0 Å². The summed E-state index contributed by atoms with van der Waals surface area (Å²) in [5, 5.41) is 0. The molecule has 0 radical (unpaired) electrons. The van der Waals surface area contributed by atoms with E-state index in [0.29, 0.717) is 6.42 Å². The van der Waals surface area contributed by atoms with Gasteiger partial charge >= 0.3 is 5.97 Å². The van der Waals surface area contributed by atoms with Crippen LogP contribution in [0.4, 0.5) is 0 Å². The summed E-state index contributed by atoms with van der Waals surface area (Å²) in [4.78, 5) is 15.5. The van der Waals surface area contributed by atoms with E-state index in [1.165, 1.54) is 12.7 Å². The minimum absolute atomic E-state index is 0.394. The van der Waals surface area contributed by atoms with Crippen LogP contribution in [0.15, 0.2) is 42.9 Å². The Bertz CT molecular complexity index is 551. The van der Waals surface area contributed by atoms with Gasteiger partial charge in [0.25, 0.3) is 0 Å². The van der Waals surface area contributed by atoms with Gasteiger partial charge in [-0.25, -0.2) is 4.98 Å². The van der Waals surface area contributed by atoms with E-state index in [2.05, 4.69) is 21.9 Å². The Kier molecular flexibility index (Phi) is 4.90. The van der Waals surface area contributed by atoms with Crippen molar-refractivity contribution in [3.8, 4) is 0 Å². The van der Waals surface area contributed by atoms with Crippen molar-refractivity contribution in [2.75, 3.05) is 7.11 Å². The number of carbonyl (C=O) groups excluding carboxylic acids is 1. The predicted octanol–water partition coefficient (Wildman–Crippen LogP) is 1.17. The molecule has 1 aromatic carbocycles. The monoisotopic (exact) mass is 273 g/mol. The lowest BCUT2D eigenvalue weighted by atomic mass is 10.1. The lowest BCUT2D eigenvalue weighted by Crippen LogP contribution is -2.33. The Morgan fingerprint density at radius 1 is 1.40 bits per heavy atom. The van der Waals surface area contributed by atoms with Crippen LogP contribution in [-0.2, 0) is 28.9 Å². The smallest absolute Gasteiger partial charge is 0.323 e. The molecule has 0 aliphatic carbocycles. The van der Waals surface area contributed by atoms with Gasteiger partial charge in [-0.15, -0.1) is 0 Å². The van der Waals surface area contributed by atoms with E-state index in [-0.39, 0.29) is 0 Å². The van der Waals surface area contributed by atoms with Crippen LogP contribution in [0, 0.1) is 0 Å². The Hall–Kier alpha value is -2.14. The first-order valence-corrected chi connectivity index (χ1v) is 6.57. The second kappa shape index (κ2) is 6.86. The van der Waals surface area contributed by atoms with Crippen molar-refractivity contribution in [1.82, 2.24) is 9.55 Å². The molecule has 0 spiro atoms. The molecule has 0 amide bonds. The number of methoxy groups -OCH3 is 1. The number of nitrogens with two attached hydrogens (primary N) is 1. The van der Waals surface area contributed by atoms with Crippen molar-refractivity contribution in [2.45, 2.75) is 25.4 Å². The van der Waals surface area contributed by atoms with Crippen LogP contribution in [0.25, 0.3) is 0 Å². The maximum atomic E-state index is 11.3. The number of ether oxygens (including phenoxy) is 1. The van der Waals surface area contributed by atoms with Gasteiger partial charge in [-0.05, 0) is 12.0 Å². The molecule has 1 heterocycles. The number of carbonyl (C=O) groups is 1. The van der Waals surface area contributed by atoms with Gasteiger partial charge in [-0.2, -0.15) is 0 Å². The van der Waals surface area contributed by atoms with E-state index in [1.54, 1.807) is 6.33 Å². The van der Waals surface area contributed by atoms with E-state index < -0.39 is 12.0 Å². The second-order valence-electron chi connectivity index (χ2n) is 4.67. The summed E-state index contributed by atoms with van der Waals surface area (Å²) in [6.45, 7) is 0.852. The number of hydrogen-bond donors (Lipinski definition) is 1. The number of imidazole rings is 1. The highest BCUT2D eigenvalue weighted by atomic mass is 16.5. The number of aryl methyl sites for hydroxylation is 2. The van der Waals surface area contributed by atoms with E-state index in [0.717, 1.165) is 18.7 Å². The van der Waals surface area contributed by atoms with E-state index in [4.69, 9.17) is 5.73 Å². The van der Waals surface area contributed by atoms with Gasteiger partial charge in [-0.3, -0.25) is 4.79 Å². The molecule has 0 saturated carbocycles. The summed E-state index contributed by atoms with van der Waals surface area (Å²) in [7, 11) is 1.33. The number of rotatable bonds is 6. The molecule has 0 aliphatic rings. The lowest BCUT2D eigenvalue weighted by Gasteiger charge is -2.06. The van der Waals surface area contributed by atoms with Crippen LogP contribution in [0.1, 0.15) is 11.3 Å². The molecular weight excluding hydrogens is 254 g/mol. The summed E-state index contributed by atoms with van der Waals surface area (Å²) in [6, 6.07) is 9.62. The molecule has 2 rings (SSSR count). The fourth-order valence-corrected chi connectivity index (χ4v) is 2.00. The van der Waals surface area contributed by atoms with Gasteiger partial charge in [-0.1, -0.05) is 30.3 Å². The summed E-state index contributed by atoms with van der Waals surface area (Å²) in [5.74, 6) is -0.413. The van der Waals surface area contributed by atoms with Crippen LogP contribution in [-0.4, -0.2) is 28.7 Å². The average Bonchev–Trinajstić information content (AvgIpc) is 2.92. The molecule has 5 nitrogen and oxygen atoms in total. The molecule has 0 saturated heterocycles. The average molecular weight is 273 g/mol. The van der Waals surface area contributed by atoms with Crippen LogP contribution in [0.2, 0.25) is 0 Å². The van der Waals surface area contributed by atoms with Crippen LogP contribution < -0.4 is 5.73 Å². The quantitative estimate of drug-likeness (QED) is 0.802. The van der Waals surface area contributed by atoms with Gasteiger partial charge in [0, 0.05) is 19.2 Å². The summed E-state index contributed by atoms with van der Waals surface area (Å²) in [6.07, 6.45) is 5.03. The normalized spacial score (nSPS) is 12.1. The molecule has 106 valence electrons. The number of nitrogens with zero attached hydrogens (tertiary/aromatic N) is 2. The minimum atomic E-state index is -0.655. The Morgan fingerprint density at radius 3 is 2.85 bits per heavy atom. The molecule has 1 unspecified atom stereocenters. The van der Waals surface area contributed by atoms with Gasteiger partial charge in [0.2, 0.25) is 0 Å². The highest BCUT2D eigenvalue weighted by Gasteiger charge is 2.15. The SMILES string of the molecule is COC(=O)C(N)Cc1cn(CCc2ccccc2)cn1. The zero-order chi connectivity index (χ0) is 14.4. The molecule has 0 aliphatic heterocycles. The van der Waals surface area contributed by atoms with Gasteiger partial charge < -0.3 is 15.0 Å². The Balaban J connectivity index is 1.87. The van der Waals surface area contributed by atoms with E-state index in [9.17, 15) is 4.79 Å². The van der Waals surface area contributed by atoms with Crippen molar-refractivity contribution in [3.05, 3.63) is 54.1 Å². The molecule has 20 heavy (non-hydrogen) atoms. The minimum Gasteiger partial charge on any atom is -0.468 e. The van der Waals surface area contributed by atoms with Gasteiger partial charge in [0.15, 0.2) is 0 Å².